The maximum absolute atomic E-state index is 13.8. The molecule has 6 nitrogen and oxygen atoms in total. The molecule has 0 saturated heterocycles. The van der Waals surface area contributed by atoms with Gasteiger partial charge in [0.05, 0.1) is 19.2 Å². The summed E-state index contributed by atoms with van der Waals surface area (Å²) in [6.45, 7) is 0. The largest absolute Gasteiger partial charge is 0.467 e. The number of amides is 1. The third-order valence-corrected chi connectivity index (χ3v) is 8.46. The average molecular weight is 522 g/mol. The molecule has 2 heterocycles. The van der Waals surface area contributed by atoms with E-state index in [0.717, 1.165) is 29.5 Å². The lowest BCUT2D eigenvalue weighted by Gasteiger charge is -2.37. The fourth-order valence-corrected chi connectivity index (χ4v) is 6.41. The van der Waals surface area contributed by atoms with Crippen molar-refractivity contribution in [3.8, 4) is 11.1 Å². The molecule has 1 amide bonds. The number of rotatable bonds is 6. The van der Waals surface area contributed by atoms with Gasteiger partial charge >= 0.3 is 5.97 Å². The van der Waals surface area contributed by atoms with Crippen LogP contribution in [0.25, 0.3) is 22.0 Å². The molecule has 3 aromatic carbocycles. The van der Waals surface area contributed by atoms with Gasteiger partial charge in [0, 0.05) is 16.6 Å². The molecule has 0 radical (unpaired) electrons. The second-order valence-electron chi connectivity index (χ2n) is 10.8. The van der Waals surface area contributed by atoms with Crippen LogP contribution in [0.2, 0.25) is 0 Å². The number of aromatic amines is 1. The number of benzene rings is 3. The predicted octanol–water partition coefficient (Wildman–Crippen LogP) is 6.00. The smallest absolute Gasteiger partial charge is 0.333 e. The topological polar surface area (TPSA) is 83.2 Å². The molecule has 1 saturated carbocycles. The van der Waals surface area contributed by atoms with Crippen LogP contribution in [0.15, 0.2) is 78.9 Å². The Bertz CT molecular complexity index is 1450. The molecule has 1 fully saturated rings. The van der Waals surface area contributed by atoms with Crippen molar-refractivity contribution in [2.24, 2.45) is 5.92 Å². The summed E-state index contributed by atoms with van der Waals surface area (Å²) in [7, 11) is 1.36. The van der Waals surface area contributed by atoms with Crippen molar-refractivity contribution in [1.82, 2.24) is 15.6 Å². The van der Waals surface area contributed by atoms with E-state index in [0.29, 0.717) is 17.9 Å². The average Bonchev–Trinajstić information content (AvgIpc) is 3.38. The molecule has 2 aliphatic rings. The maximum atomic E-state index is 13.8. The second-order valence-corrected chi connectivity index (χ2v) is 10.8. The van der Waals surface area contributed by atoms with Gasteiger partial charge in [-0.25, -0.2) is 4.79 Å². The molecule has 3 atom stereocenters. The highest BCUT2D eigenvalue weighted by Gasteiger charge is 2.38. The number of para-hydroxylation sites is 1. The number of nitrogens with one attached hydrogen (secondary N) is 3. The molecular formula is C33H35N3O3. The van der Waals surface area contributed by atoms with E-state index in [1.54, 1.807) is 0 Å². The van der Waals surface area contributed by atoms with Crippen molar-refractivity contribution in [3.05, 3.63) is 95.7 Å². The Labute approximate surface area is 229 Å². The summed E-state index contributed by atoms with van der Waals surface area (Å²) in [5, 5.41) is 7.89. The molecule has 1 aliphatic carbocycles. The number of hydrogen-bond donors (Lipinski definition) is 3. The summed E-state index contributed by atoms with van der Waals surface area (Å²) < 4.78 is 5.11. The Morgan fingerprint density at radius 2 is 1.56 bits per heavy atom. The van der Waals surface area contributed by atoms with Gasteiger partial charge in [0.1, 0.15) is 0 Å². The summed E-state index contributed by atoms with van der Waals surface area (Å²) >= 11 is 0. The highest BCUT2D eigenvalue weighted by Crippen LogP contribution is 2.40. The number of H-pyrrole nitrogens is 1. The van der Waals surface area contributed by atoms with Crippen molar-refractivity contribution in [1.29, 1.82) is 0 Å². The summed E-state index contributed by atoms with van der Waals surface area (Å²) in [6.07, 6.45) is 6.59. The number of esters is 1. The van der Waals surface area contributed by atoms with Crippen LogP contribution in [0.4, 0.5) is 0 Å². The van der Waals surface area contributed by atoms with Crippen LogP contribution in [0.1, 0.15) is 61.0 Å². The Balaban J connectivity index is 1.27. The van der Waals surface area contributed by atoms with Crippen LogP contribution in [0.3, 0.4) is 0 Å². The van der Waals surface area contributed by atoms with E-state index in [9.17, 15) is 9.59 Å². The fourth-order valence-electron chi connectivity index (χ4n) is 6.41. The van der Waals surface area contributed by atoms with E-state index < -0.39 is 18.1 Å². The molecule has 200 valence electrons. The number of ether oxygens (including phenoxy) is 1. The van der Waals surface area contributed by atoms with Gasteiger partial charge in [0.15, 0.2) is 6.04 Å². The number of methoxy groups -OCH3 is 1. The van der Waals surface area contributed by atoms with Crippen molar-refractivity contribution < 1.29 is 14.3 Å². The number of carbonyl (C=O) groups excluding carboxylic acids is 2. The van der Waals surface area contributed by atoms with E-state index in [1.165, 1.54) is 43.0 Å². The monoisotopic (exact) mass is 521 g/mol. The molecular weight excluding hydrogens is 486 g/mol. The fraction of sp³-hybridized carbons (Fsp3) is 0.333. The minimum absolute atomic E-state index is 0.0823. The molecule has 0 spiro atoms. The highest BCUT2D eigenvalue weighted by atomic mass is 16.5. The first-order valence-corrected chi connectivity index (χ1v) is 14.0. The van der Waals surface area contributed by atoms with Gasteiger partial charge in [0.25, 0.3) is 0 Å². The van der Waals surface area contributed by atoms with Crippen molar-refractivity contribution in [2.75, 3.05) is 7.11 Å². The zero-order valence-corrected chi connectivity index (χ0v) is 22.3. The lowest BCUT2D eigenvalue weighted by atomic mass is 9.79. The Hall–Kier alpha value is -3.90. The van der Waals surface area contributed by atoms with Gasteiger partial charge in [-0.1, -0.05) is 92.1 Å². The standard InChI is InChI=1S/C33H35N3O3/c1-39-33(38)30(24-18-16-22(17-19-24)21-10-4-2-5-11-21)36-32(37)28-20-26-25-14-8-9-15-27(25)34-31(26)29(35-28)23-12-6-3-7-13-23/h2,4-5,8-11,14-19,23,28-30,34-35H,3,6-7,12-13,20H2,1H3,(H,36,37)/t28-,29+,30?/m1/s1. The number of fused-ring (bicyclic) bond motifs is 3. The molecule has 0 bridgehead atoms. The molecule has 1 aromatic heterocycles. The van der Waals surface area contributed by atoms with E-state index >= 15 is 0 Å². The predicted molar refractivity (Wildman–Crippen MR) is 153 cm³/mol. The zero-order chi connectivity index (χ0) is 26.8. The molecule has 6 rings (SSSR count). The van der Waals surface area contributed by atoms with Crippen LogP contribution in [0.5, 0.6) is 0 Å². The highest BCUT2D eigenvalue weighted by molar-refractivity contribution is 5.91. The normalized spacial score (nSPS) is 20.2. The minimum Gasteiger partial charge on any atom is -0.467 e. The lowest BCUT2D eigenvalue weighted by molar-refractivity contribution is -0.145. The van der Waals surface area contributed by atoms with Gasteiger partial charge in [0.2, 0.25) is 5.91 Å². The first-order chi connectivity index (χ1) is 19.1. The lowest BCUT2D eigenvalue weighted by Crippen LogP contribution is -2.52. The minimum atomic E-state index is -0.883. The molecule has 39 heavy (non-hydrogen) atoms. The van der Waals surface area contributed by atoms with E-state index in [2.05, 4.69) is 33.8 Å². The Morgan fingerprint density at radius 1 is 0.872 bits per heavy atom. The number of aromatic nitrogens is 1. The summed E-state index contributed by atoms with van der Waals surface area (Å²) in [5.41, 5.74) is 6.37. The van der Waals surface area contributed by atoms with Gasteiger partial charge in [-0.2, -0.15) is 0 Å². The molecule has 3 N–H and O–H groups in total. The third-order valence-electron chi connectivity index (χ3n) is 8.46. The van der Waals surface area contributed by atoms with Gasteiger partial charge in [-0.3, -0.25) is 10.1 Å². The van der Waals surface area contributed by atoms with Gasteiger partial charge in [-0.15, -0.1) is 0 Å². The van der Waals surface area contributed by atoms with Gasteiger partial charge < -0.3 is 15.0 Å². The summed E-state index contributed by atoms with van der Waals surface area (Å²) in [4.78, 5) is 30.3. The van der Waals surface area contributed by atoms with Crippen LogP contribution in [-0.2, 0) is 20.7 Å². The summed E-state index contributed by atoms with van der Waals surface area (Å²) in [6, 6.07) is 24.9. The van der Waals surface area contributed by atoms with Gasteiger partial charge in [-0.05, 0) is 53.5 Å². The van der Waals surface area contributed by atoms with E-state index in [4.69, 9.17) is 4.74 Å². The van der Waals surface area contributed by atoms with Crippen LogP contribution in [-0.4, -0.2) is 30.0 Å². The second kappa shape index (κ2) is 11.1. The molecule has 4 aromatic rings. The van der Waals surface area contributed by atoms with Crippen molar-refractivity contribution in [2.45, 2.75) is 56.7 Å². The first-order valence-electron chi connectivity index (χ1n) is 14.0. The number of carbonyl (C=O) groups is 2. The van der Waals surface area contributed by atoms with Crippen LogP contribution < -0.4 is 10.6 Å². The van der Waals surface area contributed by atoms with Crippen LogP contribution >= 0.6 is 0 Å². The molecule has 1 aliphatic heterocycles. The first kappa shape index (κ1) is 25.4. The third kappa shape index (κ3) is 5.09. The quantitative estimate of drug-likeness (QED) is 0.272. The Morgan fingerprint density at radius 3 is 2.31 bits per heavy atom. The zero-order valence-electron chi connectivity index (χ0n) is 22.3. The number of hydrogen-bond acceptors (Lipinski definition) is 4. The molecule has 6 heteroatoms. The van der Waals surface area contributed by atoms with Crippen molar-refractivity contribution in [3.63, 3.8) is 0 Å². The Kier molecular flexibility index (Phi) is 7.20. The summed E-state index contributed by atoms with van der Waals surface area (Å²) in [5.74, 6) is -0.194. The van der Waals surface area contributed by atoms with E-state index in [1.807, 2.05) is 60.7 Å². The van der Waals surface area contributed by atoms with E-state index in [-0.39, 0.29) is 11.9 Å². The molecule has 1 unspecified atom stereocenters. The maximum Gasteiger partial charge on any atom is 0.333 e. The van der Waals surface area contributed by atoms with Crippen LogP contribution in [0, 0.1) is 5.92 Å². The SMILES string of the molecule is COC(=O)C(NC(=O)[C@H]1Cc2c([nH]c3ccccc23)[C@H](C2CCCCC2)N1)c1ccc(-c2ccccc2)cc1. The van der Waals surface area contributed by atoms with Crippen molar-refractivity contribution >= 4 is 22.8 Å².